The van der Waals surface area contributed by atoms with Crippen LogP contribution >= 0.6 is 0 Å². The summed E-state index contributed by atoms with van der Waals surface area (Å²) < 4.78 is 33.0. The fourth-order valence-electron chi connectivity index (χ4n) is 1.72. The lowest BCUT2D eigenvalue weighted by atomic mass is 10.1. The van der Waals surface area contributed by atoms with E-state index >= 15 is 0 Å². The monoisotopic (exact) mass is 316 g/mol. The molecule has 7 nitrogen and oxygen atoms in total. The molecule has 0 aliphatic rings. The first-order valence-corrected chi connectivity index (χ1v) is 7.97. The van der Waals surface area contributed by atoms with Crippen LogP contribution in [0.4, 0.5) is 4.79 Å². The summed E-state index contributed by atoms with van der Waals surface area (Å²) in [5, 5.41) is 7.65. The summed E-state index contributed by atoms with van der Waals surface area (Å²) in [6, 6.07) is 3.08. The van der Waals surface area contributed by atoms with Crippen LogP contribution in [0.5, 0.6) is 5.75 Å². The van der Waals surface area contributed by atoms with Crippen molar-refractivity contribution in [1.82, 2.24) is 5.32 Å². The number of carbonyl (C=O) groups is 1. The number of aryl methyl sites for hydroxylation is 2. The molecule has 1 rings (SSSR count). The number of ether oxygens (including phenoxy) is 2. The molecule has 0 saturated heterocycles. The summed E-state index contributed by atoms with van der Waals surface area (Å²) in [4.78, 5) is 11.1. The van der Waals surface area contributed by atoms with Gasteiger partial charge in [-0.05, 0) is 44.0 Å². The molecule has 1 aromatic rings. The van der Waals surface area contributed by atoms with Gasteiger partial charge in [0.1, 0.15) is 12.4 Å². The molecular weight excluding hydrogens is 296 g/mol. The molecule has 3 N–H and O–H groups in total. The van der Waals surface area contributed by atoms with Crippen molar-refractivity contribution in [3.63, 3.8) is 0 Å². The van der Waals surface area contributed by atoms with Crippen molar-refractivity contribution in [2.45, 2.75) is 25.7 Å². The number of primary sulfonamides is 1. The van der Waals surface area contributed by atoms with Gasteiger partial charge in [-0.3, -0.25) is 0 Å². The van der Waals surface area contributed by atoms with E-state index in [1.54, 1.807) is 26.8 Å². The molecule has 118 valence electrons. The highest BCUT2D eigenvalue weighted by molar-refractivity contribution is 7.89. The third kappa shape index (κ3) is 5.24. The topological polar surface area (TPSA) is 108 Å². The van der Waals surface area contributed by atoms with Gasteiger partial charge >= 0.3 is 6.09 Å². The van der Waals surface area contributed by atoms with E-state index in [1.807, 2.05) is 0 Å². The first kappa shape index (κ1) is 17.3. The van der Waals surface area contributed by atoms with Gasteiger partial charge in [-0.25, -0.2) is 18.4 Å². The van der Waals surface area contributed by atoms with Crippen molar-refractivity contribution in [2.24, 2.45) is 5.14 Å². The molecule has 0 radical (unpaired) electrons. The Morgan fingerprint density at radius 1 is 1.29 bits per heavy atom. The quantitative estimate of drug-likeness (QED) is 0.763. The molecule has 1 amide bonds. The van der Waals surface area contributed by atoms with Crippen LogP contribution in [0.3, 0.4) is 0 Å². The lowest BCUT2D eigenvalue weighted by Gasteiger charge is -2.13. The van der Waals surface area contributed by atoms with Gasteiger partial charge in [-0.2, -0.15) is 0 Å². The molecule has 0 spiro atoms. The Morgan fingerprint density at radius 3 is 2.52 bits per heavy atom. The highest BCUT2D eigenvalue weighted by atomic mass is 32.2. The molecule has 0 aliphatic carbocycles. The molecular formula is C13H20N2O5S. The number of alkyl carbamates (subject to hydrolysis) is 1. The minimum atomic E-state index is -3.74. The standard InChI is InChI=1S/C13H20N2O5S/c1-4-19-13(16)15-5-6-20-11-7-10(3)12(8-9(11)2)21(14,17)18/h7-8H,4-6H2,1-3H3,(H,15,16)(H2,14,17,18). The maximum absolute atomic E-state index is 11.4. The molecule has 1 aromatic carbocycles. The van der Waals surface area contributed by atoms with Crippen LogP contribution in [0, 0.1) is 13.8 Å². The number of hydrogen-bond donors (Lipinski definition) is 2. The van der Waals surface area contributed by atoms with E-state index in [2.05, 4.69) is 5.32 Å². The van der Waals surface area contributed by atoms with Gasteiger partial charge < -0.3 is 14.8 Å². The lowest BCUT2D eigenvalue weighted by molar-refractivity contribution is 0.150. The van der Waals surface area contributed by atoms with Crippen LogP contribution in [-0.2, 0) is 14.8 Å². The summed E-state index contributed by atoms with van der Waals surface area (Å²) in [7, 11) is -3.74. The van der Waals surface area contributed by atoms with Crippen molar-refractivity contribution in [2.75, 3.05) is 19.8 Å². The van der Waals surface area contributed by atoms with E-state index in [9.17, 15) is 13.2 Å². The summed E-state index contributed by atoms with van der Waals surface area (Å²) in [5.41, 5.74) is 1.16. The van der Waals surface area contributed by atoms with Crippen LogP contribution in [0.15, 0.2) is 17.0 Å². The zero-order valence-electron chi connectivity index (χ0n) is 12.3. The molecule has 0 atom stereocenters. The largest absolute Gasteiger partial charge is 0.491 e. The fraction of sp³-hybridized carbons (Fsp3) is 0.462. The van der Waals surface area contributed by atoms with Crippen molar-refractivity contribution in [3.05, 3.63) is 23.3 Å². The molecule has 0 fully saturated rings. The maximum atomic E-state index is 11.4. The first-order valence-electron chi connectivity index (χ1n) is 6.43. The summed E-state index contributed by atoms with van der Waals surface area (Å²) >= 11 is 0. The predicted molar refractivity (Wildman–Crippen MR) is 77.8 cm³/mol. The van der Waals surface area contributed by atoms with E-state index in [0.29, 0.717) is 23.5 Å². The third-order valence-corrected chi connectivity index (χ3v) is 3.74. The second-order valence-electron chi connectivity index (χ2n) is 4.42. The van der Waals surface area contributed by atoms with E-state index < -0.39 is 16.1 Å². The van der Waals surface area contributed by atoms with Crippen molar-refractivity contribution >= 4 is 16.1 Å². The first-order chi connectivity index (χ1) is 9.75. The SMILES string of the molecule is CCOC(=O)NCCOc1cc(C)c(S(N)(=O)=O)cc1C. The van der Waals surface area contributed by atoms with Crippen LogP contribution in [0.2, 0.25) is 0 Å². The summed E-state index contributed by atoms with van der Waals surface area (Å²) in [6.45, 7) is 5.92. The average Bonchev–Trinajstić information content (AvgIpc) is 2.37. The van der Waals surface area contributed by atoms with E-state index in [-0.39, 0.29) is 18.0 Å². The minimum Gasteiger partial charge on any atom is -0.491 e. The van der Waals surface area contributed by atoms with Gasteiger partial charge in [0.05, 0.1) is 18.0 Å². The zero-order chi connectivity index (χ0) is 16.0. The fourth-order valence-corrected chi connectivity index (χ4v) is 2.57. The zero-order valence-corrected chi connectivity index (χ0v) is 13.1. The molecule has 21 heavy (non-hydrogen) atoms. The minimum absolute atomic E-state index is 0.0806. The smallest absolute Gasteiger partial charge is 0.407 e. The molecule has 8 heteroatoms. The predicted octanol–water partition coefficient (Wildman–Crippen LogP) is 1.08. The molecule has 0 saturated carbocycles. The van der Waals surface area contributed by atoms with Gasteiger partial charge in [-0.1, -0.05) is 0 Å². The Labute approximate surface area is 124 Å². The van der Waals surface area contributed by atoms with Crippen molar-refractivity contribution < 1.29 is 22.7 Å². The van der Waals surface area contributed by atoms with E-state index in [4.69, 9.17) is 14.6 Å². The van der Waals surface area contributed by atoms with E-state index in [1.165, 1.54) is 6.07 Å². The number of benzene rings is 1. The van der Waals surface area contributed by atoms with Crippen molar-refractivity contribution in [1.29, 1.82) is 0 Å². The van der Waals surface area contributed by atoms with Crippen LogP contribution in [0.1, 0.15) is 18.1 Å². The van der Waals surface area contributed by atoms with E-state index in [0.717, 1.165) is 0 Å². The van der Waals surface area contributed by atoms with Crippen LogP contribution < -0.4 is 15.2 Å². The Kier molecular flexibility index (Phi) is 5.98. The van der Waals surface area contributed by atoms with Gasteiger partial charge in [0.2, 0.25) is 10.0 Å². The third-order valence-electron chi connectivity index (χ3n) is 2.68. The average molecular weight is 316 g/mol. The van der Waals surface area contributed by atoms with Gasteiger partial charge in [-0.15, -0.1) is 0 Å². The lowest BCUT2D eigenvalue weighted by Crippen LogP contribution is -2.28. The number of nitrogens with two attached hydrogens (primary N) is 1. The number of amides is 1. The highest BCUT2D eigenvalue weighted by Crippen LogP contribution is 2.25. The number of hydrogen-bond acceptors (Lipinski definition) is 5. The second-order valence-corrected chi connectivity index (χ2v) is 5.95. The molecule has 0 unspecified atom stereocenters. The number of nitrogens with one attached hydrogen (secondary N) is 1. The normalized spacial score (nSPS) is 11.0. The second kappa shape index (κ2) is 7.28. The van der Waals surface area contributed by atoms with Crippen molar-refractivity contribution in [3.8, 4) is 5.75 Å². The number of carbonyl (C=O) groups excluding carboxylic acids is 1. The van der Waals surface area contributed by atoms with Gasteiger partial charge in [0.25, 0.3) is 0 Å². The Morgan fingerprint density at radius 2 is 1.95 bits per heavy atom. The Balaban J connectivity index is 2.65. The summed E-state index contributed by atoms with van der Waals surface area (Å²) in [6.07, 6.45) is -0.501. The maximum Gasteiger partial charge on any atom is 0.407 e. The van der Waals surface area contributed by atoms with Gasteiger partial charge in [0, 0.05) is 0 Å². The summed E-state index contributed by atoms with van der Waals surface area (Å²) in [5.74, 6) is 0.547. The number of sulfonamides is 1. The molecule has 0 heterocycles. The number of rotatable bonds is 6. The van der Waals surface area contributed by atoms with Gasteiger partial charge in [0.15, 0.2) is 0 Å². The molecule has 0 aromatic heterocycles. The Hall–Kier alpha value is -1.80. The highest BCUT2D eigenvalue weighted by Gasteiger charge is 2.14. The Bertz CT molecular complexity index is 613. The van der Waals surface area contributed by atoms with Crippen LogP contribution in [0.25, 0.3) is 0 Å². The van der Waals surface area contributed by atoms with Crippen LogP contribution in [-0.4, -0.2) is 34.3 Å². The molecule has 0 bridgehead atoms. The molecule has 0 aliphatic heterocycles.